The van der Waals surface area contributed by atoms with E-state index in [9.17, 15) is 4.79 Å². The Bertz CT molecular complexity index is 941. The van der Waals surface area contributed by atoms with Crippen LogP contribution in [0.15, 0.2) is 47.4 Å². The number of rotatable bonds is 7. The van der Waals surface area contributed by atoms with Crippen molar-refractivity contribution in [3.8, 4) is 5.88 Å². The first-order valence-electron chi connectivity index (χ1n) is 10.5. The van der Waals surface area contributed by atoms with Gasteiger partial charge >= 0.3 is 0 Å². The number of amides is 1. The molecule has 1 aliphatic carbocycles. The third-order valence-electron chi connectivity index (χ3n) is 5.56. The third kappa shape index (κ3) is 5.01. The van der Waals surface area contributed by atoms with Crippen molar-refractivity contribution in [3.05, 3.63) is 58.8 Å². The molecule has 30 heavy (non-hydrogen) atoms. The molecule has 0 bridgehead atoms. The quantitative estimate of drug-likeness (QED) is 0.552. The highest BCUT2D eigenvalue weighted by atomic mass is 35.5. The Morgan fingerprint density at radius 3 is 2.67 bits per heavy atom. The second kappa shape index (κ2) is 9.44. The van der Waals surface area contributed by atoms with E-state index < -0.39 is 0 Å². The second-order valence-electron chi connectivity index (χ2n) is 7.85. The van der Waals surface area contributed by atoms with Crippen LogP contribution in [0, 0.1) is 5.92 Å². The number of benzene rings is 1. The number of methoxy groups -OCH3 is 1. The Morgan fingerprint density at radius 2 is 2.00 bits per heavy atom. The number of nitrogens with zero attached hydrogens (tertiary/aromatic N) is 2. The van der Waals surface area contributed by atoms with Gasteiger partial charge in [-0.1, -0.05) is 36.7 Å². The van der Waals surface area contributed by atoms with Crippen molar-refractivity contribution in [2.24, 2.45) is 5.92 Å². The van der Waals surface area contributed by atoms with Crippen LogP contribution < -0.4 is 4.74 Å². The molecule has 2 fully saturated rings. The number of carbonyl (C=O) groups is 1. The summed E-state index contributed by atoms with van der Waals surface area (Å²) >= 11 is 8.16. The Labute approximate surface area is 187 Å². The van der Waals surface area contributed by atoms with Gasteiger partial charge in [-0.15, -0.1) is 11.8 Å². The summed E-state index contributed by atoms with van der Waals surface area (Å²) in [7, 11) is 1.58. The standard InChI is InChI=1S/C24H27ClN2O2S/c1-3-23(28)27-13-12-16(15-27)14-20(22-11-10-21(25)24(26-22)29-2)17-4-6-18(7-5-17)30-19-8-9-19/h4-7,10-11,14,16,19H,3,8-9,12-13,15H2,1-2H3/b20-14+/t16-/m1/s1. The number of carbonyl (C=O) groups excluding carboxylic acids is 1. The van der Waals surface area contributed by atoms with Crippen LogP contribution in [-0.2, 0) is 4.79 Å². The highest BCUT2D eigenvalue weighted by Gasteiger charge is 2.25. The number of pyridine rings is 1. The molecule has 1 aromatic heterocycles. The number of hydrogen-bond donors (Lipinski definition) is 0. The van der Waals surface area contributed by atoms with Crippen molar-refractivity contribution in [1.29, 1.82) is 0 Å². The summed E-state index contributed by atoms with van der Waals surface area (Å²) in [6, 6.07) is 12.5. The lowest BCUT2D eigenvalue weighted by Gasteiger charge is -2.16. The van der Waals surface area contributed by atoms with Crippen molar-refractivity contribution >= 4 is 34.8 Å². The summed E-state index contributed by atoms with van der Waals surface area (Å²) in [5, 5.41) is 1.28. The minimum atomic E-state index is 0.222. The molecule has 6 heteroatoms. The molecule has 1 amide bonds. The Kier molecular flexibility index (Phi) is 6.69. The zero-order valence-electron chi connectivity index (χ0n) is 17.4. The van der Waals surface area contributed by atoms with Gasteiger partial charge < -0.3 is 9.64 Å². The minimum Gasteiger partial charge on any atom is -0.480 e. The fourth-order valence-electron chi connectivity index (χ4n) is 3.75. The molecule has 2 aromatic rings. The summed E-state index contributed by atoms with van der Waals surface area (Å²) in [6.45, 7) is 3.49. The maximum Gasteiger partial charge on any atom is 0.232 e. The van der Waals surface area contributed by atoms with Crippen LogP contribution in [0.5, 0.6) is 5.88 Å². The van der Waals surface area contributed by atoms with Crippen LogP contribution in [-0.4, -0.2) is 41.2 Å². The monoisotopic (exact) mass is 442 g/mol. The van der Waals surface area contributed by atoms with E-state index >= 15 is 0 Å². The predicted molar refractivity (Wildman–Crippen MR) is 123 cm³/mol. The lowest BCUT2D eigenvalue weighted by atomic mass is 9.96. The largest absolute Gasteiger partial charge is 0.480 e. The van der Waals surface area contributed by atoms with Crippen molar-refractivity contribution in [1.82, 2.24) is 9.88 Å². The van der Waals surface area contributed by atoms with Crippen molar-refractivity contribution in [3.63, 3.8) is 0 Å². The molecule has 2 aliphatic rings. The molecule has 1 atom stereocenters. The van der Waals surface area contributed by atoms with Gasteiger partial charge in [-0.05, 0) is 55.0 Å². The van der Waals surface area contributed by atoms with Crippen LogP contribution in [0.3, 0.4) is 0 Å². The maximum absolute atomic E-state index is 12.1. The van der Waals surface area contributed by atoms with E-state index in [1.54, 1.807) is 7.11 Å². The van der Waals surface area contributed by atoms with Crippen LogP contribution in [0.2, 0.25) is 5.02 Å². The maximum atomic E-state index is 12.1. The van der Waals surface area contributed by atoms with Crippen molar-refractivity contribution in [2.45, 2.75) is 42.8 Å². The average molecular weight is 443 g/mol. The van der Waals surface area contributed by atoms with Gasteiger partial charge in [0.15, 0.2) is 0 Å². The Balaban J connectivity index is 1.65. The molecule has 0 spiro atoms. The van der Waals surface area contributed by atoms with Gasteiger partial charge in [0.1, 0.15) is 5.02 Å². The lowest BCUT2D eigenvalue weighted by molar-refractivity contribution is -0.129. The average Bonchev–Trinajstić information content (AvgIpc) is 3.46. The predicted octanol–water partition coefficient (Wildman–Crippen LogP) is 5.69. The summed E-state index contributed by atoms with van der Waals surface area (Å²) in [5.74, 6) is 0.954. The lowest BCUT2D eigenvalue weighted by Crippen LogP contribution is -2.27. The molecule has 1 aliphatic heterocycles. The molecule has 1 saturated heterocycles. The van der Waals surface area contributed by atoms with Gasteiger partial charge in [-0.2, -0.15) is 0 Å². The Morgan fingerprint density at radius 1 is 1.23 bits per heavy atom. The van der Waals surface area contributed by atoms with E-state index in [2.05, 4.69) is 35.3 Å². The number of aromatic nitrogens is 1. The molecule has 4 rings (SSSR count). The van der Waals surface area contributed by atoms with E-state index in [1.165, 1.54) is 17.7 Å². The molecule has 2 heterocycles. The van der Waals surface area contributed by atoms with Gasteiger partial charge in [0.05, 0.1) is 12.8 Å². The number of hydrogen-bond acceptors (Lipinski definition) is 4. The molecule has 158 valence electrons. The molecule has 0 N–H and O–H groups in total. The smallest absolute Gasteiger partial charge is 0.232 e. The topological polar surface area (TPSA) is 42.4 Å². The summed E-state index contributed by atoms with van der Waals surface area (Å²) in [5.41, 5.74) is 3.01. The van der Waals surface area contributed by atoms with Crippen molar-refractivity contribution < 1.29 is 9.53 Å². The Hall–Kier alpha value is -1.98. The fourth-order valence-corrected chi connectivity index (χ4v) is 4.98. The molecule has 1 aromatic carbocycles. The van der Waals surface area contributed by atoms with Crippen LogP contribution in [0.1, 0.15) is 43.9 Å². The minimum absolute atomic E-state index is 0.222. The summed E-state index contributed by atoms with van der Waals surface area (Å²) in [4.78, 5) is 20.0. The van der Waals surface area contributed by atoms with Gasteiger partial charge in [0, 0.05) is 35.2 Å². The molecule has 0 unspecified atom stereocenters. The van der Waals surface area contributed by atoms with E-state index in [1.807, 2.05) is 35.7 Å². The third-order valence-corrected chi connectivity index (χ3v) is 7.19. The number of ether oxygens (including phenoxy) is 1. The molecule has 4 nitrogen and oxygen atoms in total. The SMILES string of the molecule is CCC(=O)N1CC[C@H](/C=C(\c2ccc(SC3CC3)cc2)c2ccc(Cl)c(OC)n2)C1. The highest BCUT2D eigenvalue weighted by Crippen LogP contribution is 2.39. The first kappa shape index (κ1) is 21.3. The van der Waals surface area contributed by atoms with E-state index in [0.29, 0.717) is 23.2 Å². The zero-order valence-corrected chi connectivity index (χ0v) is 19.0. The summed E-state index contributed by atoms with van der Waals surface area (Å²) < 4.78 is 5.35. The first-order valence-corrected chi connectivity index (χ1v) is 11.8. The van der Waals surface area contributed by atoms with Crippen LogP contribution >= 0.6 is 23.4 Å². The van der Waals surface area contributed by atoms with Gasteiger partial charge in [-0.3, -0.25) is 4.79 Å². The van der Waals surface area contributed by atoms with Crippen LogP contribution in [0.25, 0.3) is 5.57 Å². The highest BCUT2D eigenvalue weighted by molar-refractivity contribution is 8.00. The first-order chi connectivity index (χ1) is 14.6. The van der Waals surface area contributed by atoms with E-state index in [4.69, 9.17) is 16.3 Å². The fraction of sp³-hybridized carbons (Fsp3) is 0.417. The van der Waals surface area contributed by atoms with E-state index in [0.717, 1.165) is 41.6 Å². The molecule has 1 saturated carbocycles. The summed E-state index contributed by atoms with van der Waals surface area (Å²) in [6.07, 6.45) is 6.43. The van der Waals surface area contributed by atoms with Gasteiger partial charge in [-0.25, -0.2) is 4.98 Å². The van der Waals surface area contributed by atoms with Gasteiger partial charge in [0.25, 0.3) is 0 Å². The van der Waals surface area contributed by atoms with Crippen molar-refractivity contribution in [2.75, 3.05) is 20.2 Å². The molecular weight excluding hydrogens is 416 g/mol. The molecule has 0 radical (unpaired) electrons. The second-order valence-corrected chi connectivity index (χ2v) is 9.63. The number of halogens is 1. The van der Waals surface area contributed by atoms with Crippen LogP contribution in [0.4, 0.5) is 0 Å². The van der Waals surface area contributed by atoms with E-state index in [-0.39, 0.29) is 5.91 Å². The zero-order chi connectivity index (χ0) is 21.1. The van der Waals surface area contributed by atoms with Gasteiger partial charge in [0.2, 0.25) is 11.8 Å². The number of thioether (sulfide) groups is 1. The normalized spacial score (nSPS) is 19.2. The molecular formula is C24H27ClN2O2S. The number of likely N-dealkylation sites (tertiary alicyclic amines) is 1.